The maximum Gasteiger partial charge on any atom is 0.215 e. The average molecular weight is 713 g/mol. The van der Waals surface area contributed by atoms with Crippen molar-refractivity contribution < 1.29 is 54.7 Å². The molecule has 14 heteroatoms. The van der Waals surface area contributed by atoms with Gasteiger partial charge in [0, 0.05) is 0 Å². The molecule has 0 saturated carbocycles. The van der Waals surface area contributed by atoms with Crippen molar-refractivity contribution in [1.82, 2.24) is 0 Å². The number of quaternary nitrogens is 4. The molecule has 0 bridgehead atoms. The molecule has 0 heterocycles. The average Bonchev–Trinajstić information content (AvgIpc) is 3.02. The van der Waals surface area contributed by atoms with E-state index in [9.17, 15) is 0 Å². The maximum atomic E-state index is 8.63. The van der Waals surface area contributed by atoms with E-state index in [0.717, 1.165) is 0 Å². The smallest absolute Gasteiger partial charge is 0.215 e. The Morgan fingerprint density at radius 1 is 0.391 bits per heavy atom. The Morgan fingerprint density at radius 2 is 0.435 bits per heavy atom. The molecule has 0 aliphatic heterocycles. The van der Waals surface area contributed by atoms with Gasteiger partial charge in [-0.2, -0.15) is 7.82 Å². The van der Waals surface area contributed by atoms with Crippen molar-refractivity contribution in [3.8, 4) is 0 Å². The van der Waals surface area contributed by atoms with E-state index in [-0.39, 0.29) is 0 Å². The van der Waals surface area contributed by atoms with E-state index in [1.54, 1.807) is 0 Å². The van der Waals surface area contributed by atoms with Crippen LogP contribution in [0.4, 0.5) is 0 Å². The molecule has 0 fully saturated rings. The van der Waals surface area contributed by atoms with E-state index in [2.05, 4.69) is 111 Å². The lowest BCUT2D eigenvalue weighted by atomic mass is 10.3. The predicted octanol–water partition coefficient (Wildman–Crippen LogP) is 3.71. The van der Waals surface area contributed by atoms with Crippen LogP contribution in [0.2, 0.25) is 0 Å². The zero-order valence-corrected chi connectivity index (χ0v) is 35.0. The molecule has 0 radical (unpaired) electrons. The minimum Gasteiger partial charge on any atom is -0.822 e. The van der Waals surface area contributed by atoms with E-state index in [1.165, 1.54) is 123 Å². The van der Waals surface area contributed by atoms with E-state index in [0.29, 0.717) is 0 Å². The van der Waals surface area contributed by atoms with Crippen LogP contribution in [0.5, 0.6) is 0 Å². The lowest BCUT2D eigenvalue weighted by Gasteiger charge is -2.36. The second-order valence-electron chi connectivity index (χ2n) is 11.3. The lowest BCUT2D eigenvalue weighted by molar-refractivity contribution is -0.921. The van der Waals surface area contributed by atoms with Crippen molar-refractivity contribution in [3.63, 3.8) is 0 Å². The van der Waals surface area contributed by atoms with Gasteiger partial charge >= 0.3 is 0 Å². The molecule has 0 aliphatic rings. The molecule has 288 valence electrons. The largest absolute Gasteiger partial charge is 0.822 e. The van der Waals surface area contributed by atoms with Crippen LogP contribution in [0.25, 0.3) is 0 Å². The maximum absolute atomic E-state index is 8.63. The van der Waals surface area contributed by atoms with Crippen molar-refractivity contribution in [1.29, 1.82) is 0 Å². The molecule has 0 aromatic heterocycles. The molecule has 0 rings (SSSR count). The fourth-order valence-corrected chi connectivity index (χ4v) is 5.37. The van der Waals surface area contributed by atoms with Crippen LogP contribution in [0.15, 0.2) is 0 Å². The van der Waals surface area contributed by atoms with Crippen LogP contribution in [-0.4, -0.2) is 140 Å². The molecule has 0 saturated heterocycles. The molecule has 0 aliphatic carbocycles. The first-order valence-electron chi connectivity index (χ1n) is 17.8. The Kier molecular flexibility index (Phi) is 40.4. The minimum atomic E-state index is -5.39. The van der Waals surface area contributed by atoms with E-state index < -0.39 is 18.2 Å². The molecular weight excluding hydrogens is 631 g/mol. The SMILES string of the molecule is CC[N+](CC)(CC)CC.CC[N+](CC)(CC)CC.CC[N+](CC)(CC)CC.CC[N+](CC)(CC)CC.O=P([O-])([O-])[O-].O=S(=O)([O-])O. The third-order valence-electron chi connectivity index (χ3n) is 10.7. The van der Waals surface area contributed by atoms with Gasteiger partial charge in [-0.1, -0.05) is 0 Å². The fourth-order valence-electron chi connectivity index (χ4n) is 5.37. The highest BCUT2D eigenvalue weighted by Gasteiger charge is 2.18. The van der Waals surface area contributed by atoms with Gasteiger partial charge in [0.2, 0.25) is 10.4 Å². The third-order valence-corrected chi connectivity index (χ3v) is 10.7. The van der Waals surface area contributed by atoms with Crippen LogP contribution in [-0.2, 0) is 15.0 Å². The number of hydrogen-bond donors (Lipinski definition) is 1. The van der Waals surface area contributed by atoms with Gasteiger partial charge < -0.3 is 41.7 Å². The first-order chi connectivity index (χ1) is 21.0. The molecule has 46 heavy (non-hydrogen) atoms. The Labute approximate surface area is 288 Å². The zero-order valence-electron chi connectivity index (χ0n) is 33.3. The number of rotatable bonds is 16. The minimum absolute atomic E-state index is 1.28. The molecular formula is C32H81N4O8PS. The van der Waals surface area contributed by atoms with Crippen molar-refractivity contribution in [2.75, 3.05) is 105 Å². The summed E-state index contributed by atoms with van der Waals surface area (Å²) in [6.45, 7) is 56.9. The summed E-state index contributed by atoms with van der Waals surface area (Å²) in [5.74, 6) is 0. The summed E-state index contributed by atoms with van der Waals surface area (Å²) in [5, 5.41) is 0. The summed E-state index contributed by atoms with van der Waals surface area (Å²) in [7, 11) is -10.3. The van der Waals surface area contributed by atoms with Crippen LogP contribution in [0.1, 0.15) is 111 Å². The van der Waals surface area contributed by atoms with Crippen LogP contribution in [0.3, 0.4) is 0 Å². The standard InChI is InChI=1S/4C8H20N.H3O4P.H2O4S/c4*1-5-9(6-2,7-3)8-4;2*1-5(2,3)4/h4*5-8H2,1-4H3;(H3,1,2,3,4);(H2,1,2,3,4)/q4*+1;;/p-4. The molecule has 0 spiro atoms. The molecule has 1 N–H and O–H groups in total. The van der Waals surface area contributed by atoms with Gasteiger partial charge in [-0.25, -0.2) is 8.42 Å². The van der Waals surface area contributed by atoms with Crippen molar-refractivity contribution >= 4 is 18.2 Å². The Balaban J connectivity index is -0.000000106. The summed E-state index contributed by atoms with van der Waals surface area (Å²) in [6, 6.07) is 0. The summed E-state index contributed by atoms with van der Waals surface area (Å²) >= 11 is 0. The summed E-state index contributed by atoms with van der Waals surface area (Å²) in [4.78, 5) is 25.6. The van der Waals surface area contributed by atoms with Crippen LogP contribution in [0, 0.1) is 0 Å². The second kappa shape index (κ2) is 32.0. The zero-order chi connectivity index (χ0) is 38.3. The fraction of sp³-hybridized carbons (Fsp3) is 1.00. The van der Waals surface area contributed by atoms with Gasteiger partial charge in [-0.3, -0.25) is 4.55 Å². The second-order valence-corrected chi connectivity index (χ2v) is 13.1. The molecule has 0 aromatic carbocycles. The van der Waals surface area contributed by atoms with Gasteiger partial charge in [0.25, 0.3) is 0 Å². The number of nitrogens with zero attached hydrogens (tertiary/aromatic N) is 4. The Hall–Kier alpha value is -0.180. The number of hydrogen-bond acceptors (Lipinski definition) is 7. The van der Waals surface area contributed by atoms with E-state index >= 15 is 0 Å². The van der Waals surface area contributed by atoms with Gasteiger partial charge in [-0.15, -0.1) is 0 Å². The molecule has 0 atom stereocenters. The van der Waals surface area contributed by atoms with Crippen LogP contribution >= 0.6 is 7.82 Å². The molecule has 0 aromatic rings. The monoisotopic (exact) mass is 713 g/mol. The molecule has 0 amide bonds. The highest BCUT2D eigenvalue weighted by molar-refractivity contribution is 7.79. The van der Waals surface area contributed by atoms with Crippen molar-refractivity contribution in [2.45, 2.75) is 111 Å². The lowest BCUT2D eigenvalue weighted by Crippen LogP contribution is -2.47. The topological polar surface area (TPSA) is 164 Å². The van der Waals surface area contributed by atoms with Gasteiger partial charge in [0.15, 0.2) is 0 Å². The first-order valence-corrected chi connectivity index (χ1v) is 20.6. The van der Waals surface area contributed by atoms with Gasteiger partial charge in [-0.05, 0) is 111 Å². The quantitative estimate of drug-likeness (QED) is 0.110. The highest BCUT2D eigenvalue weighted by atomic mass is 32.3. The van der Waals surface area contributed by atoms with E-state index in [4.69, 9.17) is 36.8 Å². The summed E-state index contributed by atoms with van der Waals surface area (Å²) in [6.07, 6.45) is 0. The predicted molar refractivity (Wildman–Crippen MR) is 190 cm³/mol. The summed E-state index contributed by atoms with van der Waals surface area (Å²) in [5.41, 5.74) is 0. The normalized spacial score (nSPS) is 11.9. The first kappa shape index (κ1) is 58.0. The molecule has 12 nitrogen and oxygen atoms in total. The van der Waals surface area contributed by atoms with Gasteiger partial charge in [0.1, 0.15) is 0 Å². The number of phosphoric acid groups is 1. The Bertz CT molecular complexity index is 617. The highest BCUT2D eigenvalue weighted by Crippen LogP contribution is 2.05. The van der Waals surface area contributed by atoms with Crippen molar-refractivity contribution in [3.05, 3.63) is 0 Å². The van der Waals surface area contributed by atoms with Gasteiger partial charge in [0.05, 0.1) is 105 Å². The van der Waals surface area contributed by atoms with E-state index in [1.807, 2.05) is 0 Å². The van der Waals surface area contributed by atoms with Crippen LogP contribution < -0.4 is 14.7 Å². The summed E-state index contributed by atoms with van der Waals surface area (Å²) < 4.78 is 46.5. The van der Waals surface area contributed by atoms with Crippen molar-refractivity contribution in [2.24, 2.45) is 0 Å². The Morgan fingerprint density at radius 3 is 0.435 bits per heavy atom. The third kappa shape index (κ3) is 35.1. The molecule has 0 unspecified atom stereocenters.